The van der Waals surface area contributed by atoms with Crippen molar-refractivity contribution in [2.45, 2.75) is 26.7 Å². The third-order valence-electron chi connectivity index (χ3n) is 2.19. The molecule has 0 nitrogen and oxygen atoms in total. The van der Waals surface area contributed by atoms with Gasteiger partial charge in [-0.3, -0.25) is 0 Å². The van der Waals surface area contributed by atoms with Crippen molar-refractivity contribution in [1.29, 1.82) is 0 Å². The summed E-state index contributed by atoms with van der Waals surface area (Å²) in [5.74, 6) is 0. The van der Waals surface area contributed by atoms with Crippen LogP contribution >= 0.6 is 0 Å². The highest BCUT2D eigenvalue weighted by atomic mass is 14.0. The van der Waals surface area contributed by atoms with E-state index in [-0.39, 0.29) is 0 Å². The third-order valence-corrected chi connectivity index (χ3v) is 2.19. The van der Waals surface area contributed by atoms with Crippen molar-refractivity contribution in [3.8, 4) is 0 Å². The van der Waals surface area contributed by atoms with Gasteiger partial charge in [-0.25, -0.2) is 0 Å². The number of benzene rings is 1. The van der Waals surface area contributed by atoms with E-state index in [1.165, 1.54) is 11.1 Å². The fourth-order valence-electron chi connectivity index (χ4n) is 1.36. The molecule has 0 heteroatoms. The van der Waals surface area contributed by atoms with Crippen LogP contribution in [0.5, 0.6) is 0 Å². The Balaban J connectivity index is 2.63. The van der Waals surface area contributed by atoms with E-state index in [4.69, 9.17) is 0 Å². The smallest absolute Gasteiger partial charge is 0.00292 e. The molecule has 74 valence electrons. The van der Waals surface area contributed by atoms with Crippen LogP contribution in [0, 0.1) is 0 Å². The van der Waals surface area contributed by atoms with E-state index in [1.807, 2.05) is 0 Å². The van der Waals surface area contributed by atoms with Gasteiger partial charge in [-0.1, -0.05) is 55.5 Å². The highest BCUT2D eigenvalue weighted by Gasteiger charge is 1.93. The molecule has 0 unspecified atom stereocenters. The zero-order chi connectivity index (χ0) is 10.2. The van der Waals surface area contributed by atoms with E-state index in [2.05, 4.69) is 62.4 Å². The zero-order valence-corrected chi connectivity index (χ0v) is 9.03. The molecule has 1 rings (SSSR count). The minimum Gasteiger partial charge on any atom is -0.0845 e. The van der Waals surface area contributed by atoms with Crippen LogP contribution in [-0.2, 0) is 6.42 Å². The van der Waals surface area contributed by atoms with Crippen LogP contribution < -0.4 is 0 Å². The summed E-state index contributed by atoms with van der Waals surface area (Å²) in [6.07, 6.45) is 8.74. The summed E-state index contributed by atoms with van der Waals surface area (Å²) < 4.78 is 0. The second kappa shape index (κ2) is 6.20. The lowest BCUT2D eigenvalue weighted by Gasteiger charge is -2.01. The van der Waals surface area contributed by atoms with Gasteiger partial charge in [-0.2, -0.15) is 0 Å². The Labute approximate surface area is 87.0 Å². The molecule has 0 aliphatic carbocycles. The molecule has 0 aromatic heterocycles. The van der Waals surface area contributed by atoms with Crippen LogP contribution in [0.1, 0.15) is 25.8 Å². The van der Waals surface area contributed by atoms with E-state index >= 15 is 0 Å². The van der Waals surface area contributed by atoms with E-state index in [0.29, 0.717) is 0 Å². The summed E-state index contributed by atoms with van der Waals surface area (Å²) in [6.45, 7) is 4.25. The topological polar surface area (TPSA) is 0 Å². The first kappa shape index (κ1) is 10.8. The van der Waals surface area contributed by atoms with E-state index in [0.717, 1.165) is 12.8 Å². The quantitative estimate of drug-likeness (QED) is 0.620. The van der Waals surface area contributed by atoms with Crippen molar-refractivity contribution in [3.63, 3.8) is 0 Å². The van der Waals surface area contributed by atoms with E-state index in [1.54, 1.807) is 0 Å². The van der Waals surface area contributed by atoms with Gasteiger partial charge in [0.15, 0.2) is 0 Å². The van der Waals surface area contributed by atoms with Gasteiger partial charge in [0.2, 0.25) is 0 Å². The first-order chi connectivity index (χ1) is 6.86. The highest BCUT2D eigenvalue weighted by Crippen LogP contribution is 2.09. The summed E-state index contributed by atoms with van der Waals surface area (Å²) in [4.78, 5) is 0. The van der Waals surface area contributed by atoms with Gasteiger partial charge in [0.25, 0.3) is 0 Å². The van der Waals surface area contributed by atoms with Crippen molar-refractivity contribution >= 4 is 0 Å². The summed E-state index contributed by atoms with van der Waals surface area (Å²) in [5, 5.41) is 0. The molecule has 1 aromatic carbocycles. The Kier molecular flexibility index (Phi) is 4.77. The monoisotopic (exact) mass is 186 g/mol. The van der Waals surface area contributed by atoms with Gasteiger partial charge < -0.3 is 0 Å². The lowest BCUT2D eigenvalue weighted by Crippen LogP contribution is -1.86. The molecule has 1 aromatic rings. The predicted octanol–water partition coefficient (Wildman–Crippen LogP) is 4.14. The molecule has 0 radical (unpaired) electrons. The molecule has 0 aliphatic heterocycles. The van der Waals surface area contributed by atoms with Crippen LogP contribution in [0.3, 0.4) is 0 Å². The minimum absolute atomic E-state index is 1.04. The van der Waals surface area contributed by atoms with Crippen LogP contribution in [-0.4, -0.2) is 0 Å². The van der Waals surface area contributed by atoms with Crippen molar-refractivity contribution < 1.29 is 0 Å². The fourth-order valence-corrected chi connectivity index (χ4v) is 1.36. The van der Waals surface area contributed by atoms with Crippen molar-refractivity contribution in [1.82, 2.24) is 0 Å². The van der Waals surface area contributed by atoms with Gasteiger partial charge in [0, 0.05) is 0 Å². The average Bonchev–Trinajstić information content (AvgIpc) is 2.25. The third kappa shape index (κ3) is 3.61. The summed E-state index contributed by atoms with van der Waals surface area (Å²) >= 11 is 0. The van der Waals surface area contributed by atoms with Crippen LogP contribution in [0.25, 0.3) is 0 Å². The summed E-state index contributed by atoms with van der Waals surface area (Å²) in [7, 11) is 0. The molecular weight excluding hydrogens is 168 g/mol. The second-order valence-corrected chi connectivity index (χ2v) is 3.34. The molecule has 0 N–H and O–H groups in total. The molecule has 0 atom stereocenters. The van der Waals surface area contributed by atoms with Gasteiger partial charge in [0.05, 0.1) is 0 Å². The largest absolute Gasteiger partial charge is 0.0845 e. The molecule has 0 fully saturated rings. The Bertz CT molecular complexity index is 304. The summed E-state index contributed by atoms with van der Waals surface area (Å²) in [6, 6.07) is 10.6. The molecule has 0 aliphatic rings. The molecule has 0 heterocycles. The maximum absolute atomic E-state index is 2.22. The normalized spacial score (nSPS) is 12.3. The van der Waals surface area contributed by atoms with Crippen LogP contribution in [0.15, 0.2) is 54.1 Å². The fraction of sp³-hybridized carbons (Fsp3) is 0.286. The minimum atomic E-state index is 1.04. The Hall–Kier alpha value is -1.30. The van der Waals surface area contributed by atoms with Crippen molar-refractivity contribution in [3.05, 3.63) is 59.7 Å². The maximum Gasteiger partial charge on any atom is -0.00292 e. The van der Waals surface area contributed by atoms with Crippen molar-refractivity contribution in [2.75, 3.05) is 0 Å². The first-order valence-corrected chi connectivity index (χ1v) is 5.22. The van der Waals surface area contributed by atoms with Crippen molar-refractivity contribution in [2.24, 2.45) is 0 Å². The Morgan fingerprint density at radius 2 is 1.93 bits per heavy atom. The number of hydrogen-bond acceptors (Lipinski definition) is 0. The molecule has 14 heavy (non-hydrogen) atoms. The number of allylic oxidation sites excluding steroid dienone is 4. The van der Waals surface area contributed by atoms with Gasteiger partial charge in [-0.05, 0) is 30.9 Å². The predicted molar refractivity (Wildman–Crippen MR) is 63.3 cm³/mol. The average molecular weight is 186 g/mol. The molecule has 0 bridgehead atoms. The van der Waals surface area contributed by atoms with Gasteiger partial charge in [-0.15, -0.1) is 0 Å². The van der Waals surface area contributed by atoms with E-state index < -0.39 is 0 Å². The van der Waals surface area contributed by atoms with Crippen LogP contribution in [0.2, 0.25) is 0 Å². The standard InChI is InChI=1S/C14H18/c1-3-5-9-13(4-2)12-14-10-7-6-8-11-14/h4-11H,3,12H2,1-2H3/b9-5-,13-4+. The number of hydrogen-bond donors (Lipinski definition) is 0. The van der Waals surface area contributed by atoms with E-state index in [9.17, 15) is 0 Å². The van der Waals surface area contributed by atoms with Gasteiger partial charge in [0.1, 0.15) is 0 Å². The number of rotatable bonds is 4. The Morgan fingerprint density at radius 1 is 1.21 bits per heavy atom. The maximum atomic E-state index is 2.22. The molecule has 0 amide bonds. The highest BCUT2D eigenvalue weighted by molar-refractivity contribution is 5.27. The Morgan fingerprint density at radius 3 is 2.50 bits per heavy atom. The first-order valence-electron chi connectivity index (χ1n) is 5.22. The SMILES string of the molecule is C/C=C(\C=C/CC)Cc1ccccc1. The second-order valence-electron chi connectivity index (χ2n) is 3.34. The molecule has 0 saturated heterocycles. The molecule has 0 saturated carbocycles. The lowest BCUT2D eigenvalue weighted by molar-refractivity contribution is 1.16. The summed E-state index contributed by atoms with van der Waals surface area (Å²) in [5.41, 5.74) is 2.76. The lowest BCUT2D eigenvalue weighted by atomic mass is 10.0. The van der Waals surface area contributed by atoms with Crippen LogP contribution in [0.4, 0.5) is 0 Å². The zero-order valence-electron chi connectivity index (χ0n) is 9.03. The molecular formula is C14H18. The molecule has 0 spiro atoms. The van der Waals surface area contributed by atoms with Gasteiger partial charge >= 0.3 is 0 Å².